The summed E-state index contributed by atoms with van der Waals surface area (Å²) in [5, 5.41) is 0. The zero-order chi connectivity index (χ0) is 5.70. The summed E-state index contributed by atoms with van der Waals surface area (Å²) >= 11 is 0. The van der Waals surface area contributed by atoms with Crippen molar-refractivity contribution in [2.75, 3.05) is 7.05 Å². The topological polar surface area (TPSA) is 14.0 Å². The Hall–Kier alpha value is -0.590. The molecule has 0 radical (unpaired) electrons. The minimum atomic E-state index is 1.27. The predicted octanol–water partition coefficient (Wildman–Crippen LogP) is -0.266. The lowest BCUT2D eigenvalue weighted by molar-refractivity contribution is -0.413. The second kappa shape index (κ2) is 3.59. The van der Waals surface area contributed by atoms with Crippen LogP contribution in [0.2, 0.25) is 0 Å². The zero-order valence-electron chi connectivity index (χ0n) is 5.15. The van der Waals surface area contributed by atoms with Crippen LogP contribution in [0.25, 0.3) is 0 Å². The van der Waals surface area contributed by atoms with Crippen LogP contribution in [0.3, 0.4) is 0 Å². The van der Waals surface area contributed by atoms with Crippen LogP contribution in [0.15, 0.2) is 11.6 Å². The van der Waals surface area contributed by atoms with Crippen molar-refractivity contribution in [1.29, 1.82) is 0 Å². The maximum atomic E-state index is 2.93. The lowest BCUT2D eigenvalue weighted by atomic mass is 10.3. The van der Waals surface area contributed by atoms with Crippen LogP contribution in [-0.2, 0) is 0 Å². The third-order valence-corrected chi connectivity index (χ3v) is 0.827. The molecule has 0 rings (SSSR count). The van der Waals surface area contributed by atoms with Crippen LogP contribution in [-0.4, -0.2) is 13.3 Å². The first-order chi connectivity index (χ1) is 3.31. The third-order valence-electron chi connectivity index (χ3n) is 0.827. The van der Waals surface area contributed by atoms with Gasteiger partial charge in [0.1, 0.15) is 7.05 Å². The molecule has 0 aromatic heterocycles. The molecule has 40 valence electrons. The number of hydrogen-bond acceptors (Lipinski definition) is 0. The van der Waals surface area contributed by atoms with Gasteiger partial charge in [-0.05, 0) is 13.8 Å². The second-order valence-electron chi connectivity index (χ2n) is 1.47. The van der Waals surface area contributed by atoms with Crippen molar-refractivity contribution in [1.82, 2.24) is 0 Å². The van der Waals surface area contributed by atoms with E-state index >= 15 is 0 Å². The molecular formula is C6H12N+. The molecule has 0 aliphatic heterocycles. The molecule has 0 bridgehead atoms. The fourth-order valence-electron chi connectivity index (χ4n) is 0.311. The van der Waals surface area contributed by atoms with Crippen molar-refractivity contribution >= 4 is 6.21 Å². The molecule has 0 aliphatic carbocycles. The molecule has 0 amide bonds. The molecule has 7 heavy (non-hydrogen) atoms. The first-order valence-electron chi connectivity index (χ1n) is 2.44. The molecule has 0 saturated carbocycles. The standard InChI is InChI=1S/C6H11N/c1-4-6(2)5-7-3/h4-5H,1-3H3/p+1/b6-4-,7-5?. The van der Waals surface area contributed by atoms with E-state index in [4.69, 9.17) is 0 Å². The molecule has 0 unspecified atom stereocenters. The fourth-order valence-corrected chi connectivity index (χ4v) is 0.311. The lowest BCUT2D eigenvalue weighted by Gasteiger charge is -1.75. The average Bonchev–Trinajstić information content (AvgIpc) is 1.68. The van der Waals surface area contributed by atoms with Crippen LogP contribution >= 0.6 is 0 Å². The smallest absolute Gasteiger partial charge is 0.164 e. The quantitative estimate of drug-likeness (QED) is 0.434. The Balaban J connectivity index is 3.58. The molecule has 0 spiro atoms. The number of hydrogen-bond donors (Lipinski definition) is 1. The van der Waals surface area contributed by atoms with Crippen LogP contribution in [0, 0.1) is 0 Å². The van der Waals surface area contributed by atoms with Crippen molar-refractivity contribution in [3.8, 4) is 0 Å². The van der Waals surface area contributed by atoms with Crippen LogP contribution in [0.4, 0.5) is 0 Å². The normalized spacial score (nSPS) is 13.3. The Labute approximate surface area is 44.8 Å². The Morgan fingerprint density at radius 1 is 1.57 bits per heavy atom. The van der Waals surface area contributed by atoms with Crippen LogP contribution < -0.4 is 4.99 Å². The van der Waals surface area contributed by atoms with E-state index in [9.17, 15) is 0 Å². The molecule has 1 nitrogen and oxygen atoms in total. The van der Waals surface area contributed by atoms with E-state index < -0.39 is 0 Å². The highest BCUT2D eigenvalue weighted by molar-refractivity contribution is 5.72. The molecule has 0 aromatic rings. The highest BCUT2D eigenvalue weighted by Crippen LogP contribution is 1.78. The van der Waals surface area contributed by atoms with Gasteiger partial charge in [0.2, 0.25) is 0 Å². The van der Waals surface area contributed by atoms with Gasteiger partial charge in [-0.15, -0.1) is 0 Å². The predicted molar refractivity (Wildman–Crippen MR) is 32.4 cm³/mol. The van der Waals surface area contributed by atoms with E-state index in [1.54, 1.807) is 0 Å². The zero-order valence-corrected chi connectivity index (χ0v) is 5.15. The van der Waals surface area contributed by atoms with E-state index in [1.165, 1.54) is 5.57 Å². The summed E-state index contributed by atoms with van der Waals surface area (Å²) in [6.07, 6.45) is 4.01. The van der Waals surface area contributed by atoms with Crippen LogP contribution in [0.5, 0.6) is 0 Å². The highest BCUT2D eigenvalue weighted by Gasteiger charge is 1.76. The summed E-state index contributed by atoms with van der Waals surface area (Å²) in [6.45, 7) is 4.07. The largest absolute Gasteiger partial charge is 0.251 e. The van der Waals surface area contributed by atoms with E-state index in [0.717, 1.165) is 0 Å². The van der Waals surface area contributed by atoms with Gasteiger partial charge in [-0.25, -0.2) is 0 Å². The summed E-state index contributed by atoms with van der Waals surface area (Å²) in [5.41, 5.74) is 1.27. The van der Waals surface area contributed by atoms with E-state index in [1.807, 2.05) is 20.2 Å². The van der Waals surface area contributed by atoms with E-state index in [2.05, 4.69) is 18.0 Å². The monoisotopic (exact) mass is 98.1 g/mol. The van der Waals surface area contributed by atoms with Gasteiger partial charge >= 0.3 is 0 Å². The Morgan fingerprint density at radius 3 is 2.29 bits per heavy atom. The van der Waals surface area contributed by atoms with Gasteiger partial charge in [0, 0.05) is 5.57 Å². The van der Waals surface area contributed by atoms with Gasteiger partial charge in [-0.1, -0.05) is 6.08 Å². The minimum absolute atomic E-state index is 1.27. The maximum Gasteiger partial charge on any atom is 0.164 e. The maximum absolute atomic E-state index is 2.93. The SMILES string of the molecule is C/C=C(/C)C=[NH+]C. The summed E-state index contributed by atoms with van der Waals surface area (Å²) in [5.74, 6) is 0. The number of nitrogens with one attached hydrogen (secondary N) is 1. The molecule has 0 aromatic carbocycles. The molecule has 0 saturated heterocycles. The van der Waals surface area contributed by atoms with Crippen molar-refractivity contribution in [2.45, 2.75) is 13.8 Å². The number of rotatable bonds is 1. The van der Waals surface area contributed by atoms with E-state index in [0.29, 0.717) is 0 Å². The molecule has 1 N–H and O–H groups in total. The molecule has 1 heteroatoms. The molecule has 0 fully saturated rings. The van der Waals surface area contributed by atoms with Gasteiger partial charge < -0.3 is 0 Å². The molecular weight excluding hydrogens is 86.1 g/mol. The minimum Gasteiger partial charge on any atom is -0.251 e. The van der Waals surface area contributed by atoms with Gasteiger partial charge in [0.05, 0.1) is 0 Å². The lowest BCUT2D eigenvalue weighted by Crippen LogP contribution is -2.63. The van der Waals surface area contributed by atoms with Crippen molar-refractivity contribution in [3.63, 3.8) is 0 Å². The molecule has 0 aliphatic rings. The molecule has 0 atom stereocenters. The number of allylic oxidation sites excluding steroid dienone is 2. The van der Waals surface area contributed by atoms with Gasteiger partial charge in [0.25, 0.3) is 0 Å². The van der Waals surface area contributed by atoms with Gasteiger partial charge in [-0.3, -0.25) is 4.99 Å². The van der Waals surface area contributed by atoms with Crippen LogP contribution in [0.1, 0.15) is 13.8 Å². The third kappa shape index (κ3) is 3.23. The first-order valence-corrected chi connectivity index (χ1v) is 2.44. The van der Waals surface area contributed by atoms with E-state index in [-0.39, 0.29) is 0 Å². The summed E-state index contributed by atoms with van der Waals surface area (Å²) in [6, 6.07) is 0. The van der Waals surface area contributed by atoms with Crippen molar-refractivity contribution < 1.29 is 4.99 Å². The molecule has 0 heterocycles. The fraction of sp³-hybridized carbons (Fsp3) is 0.500. The Morgan fingerprint density at radius 2 is 2.14 bits per heavy atom. The summed E-state index contributed by atoms with van der Waals surface area (Å²) < 4.78 is 0. The van der Waals surface area contributed by atoms with Crippen molar-refractivity contribution in [3.05, 3.63) is 11.6 Å². The second-order valence-corrected chi connectivity index (χ2v) is 1.47. The van der Waals surface area contributed by atoms with Crippen molar-refractivity contribution in [2.24, 2.45) is 0 Å². The first kappa shape index (κ1) is 6.41. The van der Waals surface area contributed by atoms with Gasteiger partial charge in [-0.2, -0.15) is 0 Å². The summed E-state index contributed by atoms with van der Waals surface area (Å²) in [7, 11) is 1.90. The highest BCUT2D eigenvalue weighted by atomic mass is 14.6. The average molecular weight is 98.2 g/mol. The Kier molecular flexibility index (Phi) is 3.29. The van der Waals surface area contributed by atoms with Gasteiger partial charge in [0.15, 0.2) is 6.21 Å². The summed E-state index contributed by atoms with van der Waals surface area (Å²) in [4.78, 5) is 2.93. The Bertz CT molecular complexity index is 90.4.